The Morgan fingerprint density at radius 3 is 2.44 bits per heavy atom. The molecular weight excluding hydrogens is 226 g/mol. The average Bonchev–Trinajstić information content (AvgIpc) is 2.30. The smallest absolute Gasteiger partial charge is 0.161 e. The van der Waals surface area contributed by atoms with Crippen LogP contribution in [-0.4, -0.2) is 16.3 Å². The Morgan fingerprint density at radius 2 is 1.78 bits per heavy atom. The molecule has 1 fully saturated rings. The second-order valence-electron chi connectivity index (χ2n) is 5.78. The van der Waals surface area contributed by atoms with E-state index in [2.05, 4.69) is 19.2 Å². The van der Waals surface area contributed by atoms with Crippen LogP contribution in [0.3, 0.4) is 0 Å². The van der Waals surface area contributed by atoms with E-state index >= 15 is 0 Å². The van der Waals surface area contributed by atoms with Gasteiger partial charge in [-0.05, 0) is 37.2 Å². The fraction of sp³-hybridized carbons (Fsp3) is 0.600. The van der Waals surface area contributed by atoms with E-state index in [-0.39, 0.29) is 11.5 Å². The van der Waals surface area contributed by atoms with Crippen molar-refractivity contribution in [3.63, 3.8) is 0 Å². The van der Waals surface area contributed by atoms with Crippen molar-refractivity contribution in [1.29, 1.82) is 0 Å². The van der Waals surface area contributed by atoms with Gasteiger partial charge in [0.1, 0.15) is 0 Å². The summed E-state index contributed by atoms with van der Waals surface area (Å²) in [6.07, 6.45) is 3.71. The van der Waals surface area contributed by atoms with Crippen molar-refractivity contribution in [2.24, 2.45) is 11.8 Å². The summed E-state index contributed by atoms with van der Waals surface area (Å²) in [4.78, 5) is 0. The van der Waals surface area contributed by atoms with Crippen LogP contribution >= 0.6 is 0 Å². The zero-order valence-corrected chi connectivity index (χ0v) is 11.2. The molecule has 1 saturated carbocycles. The van der Waals surface area contributed by atoms with Gasteiger partial charge in [-0.1, -0.05) is 26.0 Å². The summed E-state index contributed by atoms with van der Waals surface area (Å²) in [5.41, 5.74) is 0.765. The fourth-order valence-electron chi connectivity index (χ4n) is 3.09. The highest BCUT2D eigenvalue weighted by Gasteiger charge is 2.23. The Balaban J connectivity index is 1.93. The molecule has 2 rings (SSSR count). The van der Waals surface area contributed by atoms with Crippen LogP contribution in [0.1, 0.15) is 38.7 Å². The first-order valence-electron chi connectivity index (χ1n) is 6.79. The minimum Gasteiger partial charge on any atom is -0.504 e. The predicted molar refractivity (Wildman–Crippen MR) is 72.6 cm³/mol. The van der Waals surface area contributed by atoms with Gasteiger partial charge in [-0.2, -0.15) is 0 Å². The number of hydrogen-bond donors (Lipinski definition) is 3. The lowest BCUT2D eigenvalue weighted by atomic mass is 9.80. The normalized spacial score (nSPS) is 28.2. The van der Waals surface area contributed by atoms with Crippen LogP contribution in [0.25, 0.3) is 0 Å². The van der Waals surface area contributed by atoms with Crippen LogP contribution < -0.4 is 5.32 Å². The molecule has 3 heteroatoms. The highest BCUT2D eigenvalue weighted by molar-refractivity contribution is 5.44. The van der Waals surface area contributed by atoms with Crippen LogP contribution in [-0.2, 0) is 6.54 Å². The molecule has 2 unspecified atom stereocenters. The molecule has 3 N–H and O–H groups in total. The standard InChI is InChI=1S/C15H23NO2/c1-10-6-11(2)8-13(7-10)16-9-12-4-3-5-14(17)15(12)18/h3-5,10-11,13,16-18H,6-9H2,1-2H3. The lowest BCUT2D eigenvalue weighted by molar-refractivity contribution is 0.237. The first-order chi connectivity index (χ1) is 8.56. The third kappa shape index (κ3) is 3.16. The van der Waals surface area contributed by atoms with Gasteiger partial charge in [0.25, 0.3) is 0 Å². The Bertz CT molecular complexity index is 395. The molecule has 2 atom stereocenters. The Labute approximate surface area is 109 Å². The molecule has 1 aromatic carbocycles. The SMILES string of the molecule is CC1CC(C)CC(NCc2cccc(O)c2O)C1. The maximum absolute atomic E-state index is 9.74. The summed E-state index contributed by atoms with van der Waals surface area (Å²) in [6, 6.07) is 5.63. The number of aromatic hydroxyl groups is 2. The summed E-state index contributed by atoms with van der Waals surface area (Å²) in [6.45, 7) is 5.22. The van der Waals surface area contributed by atoms with E-state index in [0.717, 1.165) is 17.4 Å². The summed E-state index contributed by atoms with van der Waals surface area (Å²) in [7, 11) is 0. The second kappa shape index (κ2) is 5.61. The molecule has 0 spiro atoms. The molecule has 0 aliphatic heterocycles. The number of hydrogen-bond acceptors (Lipinski definition) is 3. The first-order valence-corrected chi connectivity index (χ1v) is 6.79. The van der Waals surface area contributed by atoms with E-state index < -0.39 is 0 Å². The summed E-state index contributed by atoms with van der Waals surface area (Å²) < 4.78 is 0. The molecule has 0 aromatic heterocycles. The maximum atomic E-state index is 9.74. The van der Waals surface area contributed by atoms with E-state index in [1.807, 2.05) is 6.07 Å². The average molecular weight is 249 g/mol. The van der Waals surface area contributed by atoms with E-state index in [0.29, 0.717) is 12.6 Å². The van der Waals surface area contributed by atoms with Crippen molar-refractivity contribution in [3.8, 4) is 11.5 Å². The van der Waals surface area contributed by atoms with Gasteiger partial charge in [0.05, 0.1) is 0 Å². The van der Waals surface area contributed by atoms with Gasteiger partial charge < -0.3 is 15.5 Å². The van der Waals surface area contributed by atoms with Crippen molar-refractivity contribution in [2.75, 3.05) is 0 Å². The van der Waals surface area contributed by atoms with Crippen molar-refractivity contribution in [1.82, 2.24) is 5.32 Å². The molecule has 18 heavy (non-hydrogen) atoms. The number of phenolic OH excluding ortho intramolecular Hbond substituents is 2. The van der Waals surface area contributed by atoms with Gasteiger partial charge in [-0.3, -0.25) is 0 Å². The van der Waals surface area contributed by atoms with Gasteiger partial charge in [0, 0.05) is 18.2 Å². The van der Waals surface area contributed by atoms with Crippen molar-refractivity contribution in [2.45, 2.75) is 45.7 Å². The monoisotopic (exact) mass is 249 g/mol. The number of rotatable bonds is 3. The maximum Gasteiger partial charge on any atom is 0.161 e. The van der Waals surface area contributed by atoms with Crippen LogP contribution in [0, 0.1) is 11.8 Å². The topological polar surface area (TPSA) is 52.5 Å². The molecule has 0 saturated heterocycles. The van der Waals surface area contributed by atoms with E-state index in [9.17, 15) is 10.2 Å². The lowest BCUT2D eigenvalue weighted by Gasteiger charge is -2.32. The van der Waals surface area contributed by atoms with Gasteiger partial charge >= 0.3 is 0 Å². The Hall–Kier alpha value is -1.22. The third-order valence-corrected chi connectivity index (χ3v) is 3.86. The Kier molecular flexibility index (Phi) is 4.12. The van der Waals surface area contributed by atoms with Gasteiger partial charge in [-0.15, -0.1) is 0 Å². The van der Waals surface area contributed by atoms with E-state index in [1.165, 1.54) is 25.3 Å². The number of benzene rings is 1. The zero-order chi connectivity index (χ0) is 13.1. The number of para-hydroxylation sites is 1. The summed E-state index contributed by atoms with van der Waals surface area (Å²) in [5, 5.41) is 22.7. The minimum absolute atomic E-state index is 0.00177. The van der Waals surface area contributed by atoms with Crippen molar-refractivity contribution >= 4 is 0 Å². The molecule has 3 nitrogen and oxygen atoms in total. The molecule has 0 amide bonds. The largest absolute Gasteiger partial charge is 0.504 e. The van der Waals surface area contributed by atoms with Crippen molar-refractivity contribution < 1.29 is 10.2 Å². The van der Waals surface area contributed by atoms with Gasteiger partial charge in [-0.25, -0.2) is 0 Å². The molecular formula is C15H23NO2. The van der Waals surface area contributed by atoms with Crippen LogP contribution in [0.2, 0.25) is 0 Å². The Morgan fingerprint density at radius 1 is 1.11 bits per heavy atom. The fourth-order valence-corrected chi connectivity index (χ4v) is 3.09. The van der Waals surface area contributed by atoms with E-state index in [1.54, 1.807) is 6.07 Å². The molecule has 0 heterocycles. The van der Waals surface area contributed by atoms with E-state index in [4.69, 9.17) is 0 Å². The molecule has 1 aliphatic carbocycles. The number of nitrogens with one attached hydrogen (secondary N) is 1. The molecule has 0 radical (unpaired) electrons. The summed E-state index contributed by atoms with van der Waals surface area (Å²) >= 11 is 0. The highest BCUT2D eigenvalue weighted by atomic mass is 16.3. The zero-order valence-electron chi connectivity index (χ0n) is 11.2. The number of phenols is 2. The van der Waals surface area contributed by atoms with Crippen LogP contribution in [0.4, 0.5) is 0 Å². The predicted octanol–water partition coefficient (Wildman–Crippen LogP) is 3.01. The molecule has 1 aliphatic rings. The third-order valence-electron chi connectivity index (χ3n) is 3.86. The second-order valence-corrected chi connectivity index (χ2v) is 5.78. The van der Waals surface area contributed by atoms with Gasteiger partial charge in [0.15, 0.2) is 11.5 Å². The molecule has 0 bridgehead atoms. The molecule has 100 valence electrons. The van der Waals surface area contributed by atoms with Crippen molar-refractivity contribution in [3.05, 3.63) is 23.8 Å². The lowest BCUT2D eigenvalue weighted by Crippen LogP contribution is -2.35. The summed E-state index contributed by atoms with van der Waals surface area (Å²) in [5.74, 6) is 1.50. The van der Waals surface area contributed by atoms with Crippen LogP contribution in [0.15, 0.2) is 18.2 Å². The van der Waals surface area contributed by atoms with Crippen LogP contribution in [0.5, 0.6) is 11.5 Å². The molecule has 1 aromatic rings. The first kappa shape index (κ1) is 13.2. The quantitative estimate of drug-likeness (QED) is 0.722. The highest BCUT2D eigenvalue weighted by Crippen LogP contribution is 2.30. The van der Waals surface area contributed by atoms with Gasteiger partial charge in [0.2, 0.25) is 0 Å². The minimum atomic E-state index is -0.0420.